The van der Waals surface area contributed by atoms with Crippen LogP contribution >= 0.6 is 0 Å². The molecule has 3 heterocycles. The number of benzene rings is 1. The number of carbonyl (C=O) groups is 1. The van der Waals surface area contributed by atoms with Crippen LogP contribution in [0.2, 0.25) is 0 Å². The van der Waals surface area contributed by atoms with Gasteiger partial charge in [0.1, 0.15) is 11.9 Å². The van der Waals surface area contributed by atoms with E-state index in [1.54, 1.807) is 41.6 Å². The molecule has 2 aliphatic rings. The van der Waals surface area contributed by atoms with Crippen LogP contribution in [0.5, 0.6) is 5.75 Å². The summed E-state index contributed by atoms with van der Waals surface area (Å²) < 4.78 is 33.4. The molecule has 0 aliphatic carbocycles. The molecule has 1 atom stereocenters. The Morgan fingerprint density at radius 3 is 2.85 bits per heavy atom. The molecule has 2 aromatic rings. The number of hydrogen-bond acceptors (Lipinski definition) is 5. The van der Waals surface area contributed by atoms with E-state index in [1.807, 2.05) is 6.07 Å². The quantitative estimate of drug-likeness (QED) is 0.800. The van der Waals surface area contributed by atoms with Gasteiger partial charge in [0, 0.05) is 31.9 Å². The zero-order valence-corrected chi connectivity index (χ0v) is 15.9. The van der Waals surface area contributed by atoms with Crippen molar-refractivity contribution in [2.45, 2.75) is 30.8 Å². The predicted molar refractivity (Wildman–Crippen MR) is 100 cm³/mol. The number of sulfonamides is 1. The third-order valence-electron chi connectivity index (χ3n) is 5.01. The van der Waals surface area contributed by atoms with Crippen LogP contribution in [-0.4, -0.2) is 49.4 Å². The second kappa shape index (κ2) is 6.94. The van der Waals surface area contributed by atoms with Crippen LogP contribution in [0.15, 0.2) is 47.6 Å². The zero-order chi connectivity index (χ0) is 19.0. The smallest absolute Gasteiger partial charge is 0.243 e. The van der Waals surface area contributed by atoms with Crippen LogP contribution in [0.3, 0.4) is 0 Å². The Morgan fingerprint density at radius 1 is 1.26 bits per heavy atom. The summed E-state index contributed by atoms with van der Waals surface area (Å²) in [6, 6.07) is 8.61. The van der Waals surface area contributed by atoms with Gasteiger partial charge in [0.25, 0.3) is 0 Å². The SMILES string of the molecule is CC(=O)N1CCc2cc(S(=O)(=O)N3CC[C@H](Oc4cccnc4)C3)ccc21. The van der Waals surface area contributed by atoms with Crippen LogP contribution in [0.1, 0.15) is 18.9 Å². The van der Waals surface area contributed by atoms with E-state index < -0.39 is 10.0 Å². The number of aromatic nitrogens is 1. The molecule has 0 unspecified atom stereocenters. The molecule has 1 aromatic heterocycles. The number of pyridine rings is 1. The molecule has 0 spiro atoms. The molecule has 0 N–H and O–H groups in total. The Balaban J connectivity index is 1.50. The summed E-state index contributed by atoms with van der Waals surface area (Å²) in [5, 5.41) is 0. The molecule has 0 radical (unpaired) electrons. The molecular formula is C19H21N3O4S. The first-order chi connectivity index (χ1) is 12.9. The number of amides is 1. The summed E-state index contributed by atoms with van der Waals surface area (Å²) in [6.07, 6.45) is 4.41. The zero-order valence-electron chi connectivity index (χ0n) is 15.0. The van der Waals surface area contributed by atoms with E-state index in [9.17, 15) is 13.2 Å². The van der Waals surface area contributed by atoms with Crippen molar-refractivity contribution in [1.82, 2.24) is 9.29 Å². The van der Waals surface area contributed by atoms with Crippen LogP contribution in [0.4, 0.5) is 5.69 Å². The summed E-state index contributed by atoms with van der Waals surface area (Å²) in [4.78, 5) is 17.6. The number of hydrogen-bond donors (Lipinski definition) is 0. The highest BCUT2D eigenvalue weighted by atomic mass is 32.2. The van der Waals surface area contributed by atoms with Crippen molar-refractivity contribution in [2.24, 2.45) is 0 Å². The number of rotatable bonds is 4. The summed E-state index contributed by atoms with van der Waals surface area (Å²) in [7, 11) is -3.59. The van der Waals surface area contributed by atoms with E-state index in [2.05, 4.69) is 4.98 Å². The first kappa shape index (κ1) is 17.9. The van der Waals surface area contributed by atoms with Crippen molar-refractivity contribution in [1.29, 1.82) is 0 Å². The van der Waals surface area contributed by atoms with Gasteiger partial charge in [0.05, 0.1) is 17.6 Å². The van der Waals surface area contributed by atoms with Gasteiger partial charge in [-0.05, 0) is 48.7 Å². The fraction of sp³-hybridized carbons (Fsp3) is 0.368. The summed E-state index contributed by atoms with van der Waals surface area (Å²) >= 11 is 0. The Kier molecular flexibility index (Phi) is 4.61. The van der Waals surface area contributed by atoms with Gasteiger partial charge in [-0.3, -0.25) is 9.78 Å². The number of carbonyl (C=O) groups excluding carboxylic acids is 1. The monoisotopic (exact) mass is 387 g/mol. The lowest BCUT2D eigenvalue weighted by Gasteiger charge is -2.18. The number of nitrogens with zero attached hydrogens (tertiary/aromatic N) is 3. The standard InChI is InChI=1S/C19H21N3O4S/c1-14(23)22-10-6-15-11-18(4-5-19(15)22)27(24,25)21-9-7-17(13-21)26-16-3-2-8-20-12-16/h2-5,8,11-12,17H,6-7,9-10,13H2,1H3/t17-/m0/s1. The first-order valence-electron chi connectivity index (χ1n) is 8.93. The number of fused-ring (bicyclic) bond motifs is 1. The molecule has 1 amide bonds. The highest BCUT2D eigenvalue weighted by molar-refractivity contribution is 7.89. The molecule has 8 heteroatoms. The van der Waals surface area contributed by atoms with Crippen molar-refractivity contribution in [3.8, 4) is 5.75 Å². The fourth-order valence-corrected chi connectivity index (χ4v) is 5.17. The minimum absolute atomic E-state index is 0.0284. The lowest BCUT2D eigenvalue weighted by atomic mass is 10.2. The molecular weight excluding hydrogens is 366 g/mol. The average Bonchev–Trinajstić information content (AvgIpc) is 3.29. The average molecular weight is 387 g/mol. The Bertz CT molecular complexity index is 962. The molecule has 1 aromatic carbocycles. The third kappa shape index (κ3) is 3.42. The predicted octanol–water partition coefficient (Wildman–Crippen LogP) is 1.83. The second-order valence-electron chi connectivity index (χ2n) is 6.79. The topological polar surface area (TPSA) is 79.8 Å². The molecule has 0 bridgehead atoms. The molecule has 142 valence electrons. The normalized spacial score (nSPS) is 19.9. The maximum atomic E-state index is 13.0. The van der Waals surface area contributed by atoms with E-state index in [0.29, 0.717) is 38.2 Å². The molecule has 27 heavy (non-hydrogen) atoms. The molecule has 1 saturated heterocycles. The molecule has 0 saturated carbocycles. The van der Waals surface area contributed by atoms with Gasteiger partial charge in [-0.2, -0.15) is 4.31 Å². The largest absolute Gasteiger partial charge is 0.487 e. The minimum atomic E-state index is -3.59. The van der Waals surface area contributed by atoms with Gasteiger partial charge in [-0.1, -0.05) is 0 Å². The van der Waals surface area contributed by atoms with E-state index in [-0.39, 0.29) is 16.9 Å². The van der Waals surface area contributed by atoms with Crippen molar-refractivity contribution in [2.75, 3.05) is 24.5 Å². The van der Waals surface area contributed by atoms with Gasteiger partial charge in [-0.25, -0.2) is 8.42 Å². The second-order valence-corrected chi connectivity index (χ2v) is 8.73. The summed E-state index contributed by atoms with van der Waals surface area (Å²) in [6.45, 7) is 2.85. The third-order valence-corrected chi connectivity index (χ3v) is 6.87. The molecule has 1 fully saturated rings. The Labute approximate surface area is 158 Å². The lowest BCUT2D eigenvalue weighted by molar-refractivity contribution is -0.116. The van der Waals surface area contributed by atoms with E-state index >= 15 is 0 Å². The number of ether oxygens (including phenoxy) is 1. The lowest BCUT2D eigenvalue weighted by Crippen LogP contribution is -2.31. The van der Waals surface area contributed by atoms with E-state index in [1.165, 1.54) is 11.2 Å². The molecule has 4 rings (SSSR count). The van der Waals surface area contributed by atoms with Crippen LogP contribution < -0.4 is 9.64 Å². The highest BCUT2D eigenvalue weighted by Gasteiger charge is 2.34. The van der Waals surface area contributed by atoms with Crippen molar-refractivity contribution in [3.05, 3.63) is 48.3 Å². The Hall–Kier alpha value is -2.45. The van der Waals surface area contributed by atoms with Crippen molar-refractivity contribution >= 4 is 21.6 Å². The van der Waals surface area contributed by atoms with E-state index in [0.717, 1.165) is 11.3 Å². The van der Waals surface area contributed by atoms with Gasteiger partial charge >= 0.3 is 0 Å². The summed E-state index contributed by atoms with van der Waals surface area (Å²) in [5.41, 5.74) is 1.70. The van der Waals surface area contributed by atoms with E-state index in [4.69, 9.17) is 4.74 Å². The highest BCUT2D eigenvalue weighted by Crippen LogP contribution is 2.32. The van der Waals surface area contributed by atoms with Crippen LogP contribution in [-0.2, 0) is 21.2 Å². The van der Waals surface area contributed by atoms with Gasteiger partial charge in [-0.15, -0.1) is 0 Å². The van der Waals surface area contributed by atoms with Crippen molar-refractivity contribution < 1.29 is 17.9 Å². The molecule has 7 nitrogen and oxygen atoms in total. The summed E-state index contributed by atoms with van der Waals surface area (Å²) in [5.74, 6) is 0.614. The van der Waals surface area contributed by atoms with Gasteiger partial charge in [0.2, 0.25) is 15.9 Å². The van der Waals surface area contributed by atoms with Crippen molar-refractivity contribution in [3.63, 3.8) is 0 Å². The number of anilines is 1. The maximum Gasteiger partial charge on any atom is 0.243 e. The van der Waals surface area contributed by atoms with Crippen LogP contribution in [0.25, 0.3) is 0 Å². The molecule has 2 aliphatic heterocycles. The van der Waals surface area contributed by atoms with Gasteiger partial charge in [0.15, 0.2) is 0 Å². The minimum Gasteiger partial charge on any atom is -0.487 e. The first-order valence-corrected chi connectivity index (χ1v) is 10.4. The maximum absolute atomic E-state index is 13.0. The Morgan fingerprint density at radius 2 is 2.11 bits per heavy atom. The van der Waals surface area contributed by atoms with Crippen LogP contribution in [0, 0.1) is 0 Å². The van der Waals surface area contributed by atoms with Gasteiger partial charge < -0.3 is 9.64 Å². The fourth-order valence-electron chi connectivity index (χ4n) is 3.64.